The summed E-state index contributed by atoms with van der Waals surface area (Å²) < 4.78 is 25.2. The predicted octanol–water partition coefficient (Wildman–Crippen LogP) is 3.49. The fourth-order valence-electron chi connectivity index (χ4n) is 1.43. The normalized spacial score (nSPS) is 9.41. The van der Waals surface area contributed by atoms with E-state index >= 15 is 0 Å². The Bertz CT molecular complexity index is 717. The summed E-state index contributed by atoms with van der Waals surface area (Å²) in [5.74, 6) is -1.27. The molecule has 0 aliphatic rings. The largest absolute Gasteiger partial charge is 0.305 e. The van der Waals surface area contributed by atoms with Crippen LogP contribution in [0.1, 0.15) is 26.3 Å². The van der Waals surface area contributed by atoms with Crippen molar-refractivity contribution in [3.8, 4) is 0 Å². The maximum absolute atomic E-state index is 12.6. The molecule has 0 spiro atoms. The Labute approximate surface area is 124 Å². The number of carbonyl (C=O) groups is 2. The third-order valence-corrected chi connectivity index (χ3v) is 2.63. The van der Waals surface area contributed by atoms with Gasteiger partial charge in [0.2, 0.25) is 5.82 Å². The molecule has 0 radical (unpaired) electrons. The van der Waals surface area contributed by atoms with Gasteiger partial charge in [-0.15, -0.1) is 0 Å². The maximum Gasteiger partial charge on any atom is 0.305 e. The van der Waals surface area contributed by atoms with E-state index in [9.17, 15) is 28.5 Å². The van der Waals surface area contributed by atoms with Crippen molar-refractivity contribution < 1.29 is 23.3 Å². The van der Waals surface area contributed by atoms with Gasteiger partial charge in [0, 0.05) is 17.2 Å². The molecule has 2 rings (SSSR count). The monoisotopic (exact) mass is 307 g/mol. The van der Waals surface area contributed by atoms with Gasteiger partial charge in [-0.1, -0.05) is 12.1 Å². The van der Waals surface area contributed by atoms with Gasteiger partial charge in [-0.25, -0.2) is 4.39 Å². The summed E-state index contributed by atoms with van der Waals surface area (Å²) in [6.07, 6.45) is 1.05. The zero-order valence-electron chi connectivity index (χ0n) is 11.5. The third kappa shape index (κ3) is 4.55. The Morgan fingerprint density at radius 1 is 0.955 bits per heavy atom. The number of hydrogen-bond donors (Lipinski definition) is 0. The molecule has 0 unspecified atom stereocenters. The molecule has 0 bridgehead atoms. The van der Waals surface area contributed by atoms with Crippen LogP contribution in [-0.4, -0.2) is 17.5 Å². The molecule has 0 heterocycles. The average Bonchev–Trinajstić information content (AvgIpc) is 2.51. The van der Waals surface area contributed by atoms with E-state index in [0.29, 0.717) is 23.7 Å². The summed E-state index contributed by atoms with van der Waals surface area (Å²) in [5.41, 5.74) is 0.344. The quantitative estimate of drug-likeness (QED) is 0.494. The number of hydrogen-bond acceptors (Lipinski definition) is 4. The first-order valence-electron chi connectivity index (χ1n) is 5.99. The lowest BCUT2D eigenvalue weighted by Gasteiger charge is -1.94. The van der Waals surface area contributed by atoms with Crippen molar-refractivity contribution in [3.05, 3.63) is 74.8 Å². The lowest BCUT2D eigenvalue weighted by atomic mass is 10.1. The van der Waals surface area contributed by atoms with Gasteiger partial charge in [0.05, 0.1) is 4.92 Å². The molecule has 0 amide bonds. The molecule has 0 aliphatic carbocycles. The van der Waals surface area contributed by atoms with Crippen LogP contribution in [0.3, 0.4) is 0 Å². The summed E-state index contributed by atoms with van der Waals surface area (Å²) in [4.78, 5) is 29.5. The Kier molecular flexibility index (Phi) is 6.00. The number of benzene rings is 2. The number of nitro benzene ring substituents is 1. The molecule has 7 heteroatoms. The predicted molar refractivity (Wildman–Crippen MR) is 75.0 cm³/mol. The van der Waals surface area contributed by atoms with Gasteiger partial charge in [-0.05, 0) is 30.7 Å². The SMILES string of the molecule is Cc1ccc(C=O)cc1F.O=Cc1ccc(F)c([N+](=O)[O-])c1. The number of carbonyl (C=O) groups excluding carboxylic acids is 2. The van der Waals surface area contributed by atoms with Crippen molar-refractivity contribution in [2.45, 2.75) is 6.92 Å². The molecular weight excluding hydrogens is 296 g/mol. The Hall–Kier alpha value is -2.96. The molecule has 0 saturated heterocycles. The van der Waals surface area contributed by atoms with Crippen molar-refractivity contribution in [3.63, 3.8) is 0 Å². The number of nitrogens with zero attached hydrogens (tertiary/aromatic N) is 1. The second-order valence-corrected chi connectivity index (χ2v) is 4.21. The van der Waals surface area contributed by atoms with Gasteiger partial charge >= 0.3 is 5.69 Å². The smallest absolute Gasteiger partial charge is 0.298 e. The number of rotatable bonds is 3. The molecule has 0 atom stereocenters. The van der Waals surface area contributed by atoms with Crippen LogP contribution in [0.25, 0.3) is 0 Å². The standard InChI is InChI=1S/C8H7FO.C7H4FNO3/c1-6-2-3-7(5-10)4-8(6)9;8-6-2-1-5(4-10)3-7(6)9(11)12/h2-5H,1H3;1-4H. The molecule has 22 heavy (non-hydrogen) atoms. The summed E-state index contributed by atoms with van der Waals surface area (Å²) in [6.45, 7) is 1.66. The minimum absolute atomic E-state index is 0.0862. The molecule has 0 aliphatic heterocycles. The minimum atomic E-state index is -0.939. The van der Waals surface area contributed by atoms with Crippen LogP contribution in [0, 0.1) is 28.7 Å². The van der Waals surface area contributed by atoms with Gasteiger partial charge in [0.15, 0.2) is 0 Å². The number of aryl methyl sites for hydroxylation is 1. The number of aldehydes is 2. The van der Waals surface area contributed by atoms with Crippen LogP contribution >= 0.6 is 0 Å². The third-order valence-electron chi connectivity index (χ3n) is 2.63. The molecule has 0 N–H and O–H groups in total. The lowest BCUT2D eigenvalue weighted by molar-refractivity contribution is -0.387. The molecule has 114 valence electrons. The molecule has 5 nitrogen and oxygen atoms in total. The highest BCUT2D eigenvalue weighted by Gasteiger charge is 2.13. The van der Waals surface area contributed by atoms with E-state index in [1.54, 1.807) is 19.1 Å². The van der Waals surface area contributed by atoms with E-state index in [0.717, 1.165) is 12.1 Å². The first-order chi connectivity index (χ1) is 10.4. The van der Waals surface area contributed by atoms with Crippen LogP contribution in [0.15, 0.2) is 36.4 Å². The minimum Gasteiger partial charge on any atom is -0.298 e. The Morgan fingerprint density at radius 3 is 2.00 bits per heavy atom. The van der Waals surface area contributed by atoms with Crippen molar-refractivity contribution >= 4 is 18.3 Å². The van der Waals surface area contributed by atoms with Crippen LogP contribution in [0.5, 0.6) is 0 Å². The molecule has 0 saturated carbocycles. The molecule has 0 aromatic heterocycles. The number of halogens is 2. The lowest BCUT2D eigenvalue weighted by Crippen LogP contribution is -1.93. The molecule has 2 aromatic rings. The highest BCUT2D eigenvalue weighted by atomic mass is 19.1. The van der Waals surface area contributed by atoms with Crippen LogP contribution < -0.4 is 0 Å². The van der Waals surface area contributed by atoms with Crippen LogP contribution in [0.4, 0.5) is 14.5 Å². The summed E-state index contributed by atoms with van der Waals surface area (Å²) in [7, 11) is 0. The van der Waals surface area contributed by atoms with Crippen LogP contribution in [-0.2, 0) is 0 Å². The van der Waals surface area contributed by atoms with Crippen molar-refractivity contribution in [2.24, 2.45) is 0 Å². The van der Waals surface area contributed by atoms with E-state index in [4.69, 9.17) is 0 Å². The fraction of sp³-hybridized carbons (Fsp3) is 0.0667. The first-order valence-corrected chi connectivity index (χ1v) is 5.99. The topological polar surface area (TPSA) is 77.3 Å². The van der Waals surface area contributed by atoms with Gasteiger partial charge in [0.25, 0.3) is 0 Å². The second-order valence-electron chi connectivity index (χ2n) is 4.21. The average molecular weight is 307 g/mol. The highest BCUT2D eigenvalue weighted by molar-refractivity contribution is 5.76. The van der Waals surface area contributed by atoms with E-state index in [2.05, 4.69) is 0 Å². The van der Waals surface area contributed by atoms with Gasteiger partial charge in [-0.3, -0.25) is 19.7 Å². The second kappa shape index (κ2) is 7.72. The Morgan fingerprint density at radius 2 is 1.50 bits per heavy atom. The fourth-order valence-corrected chi connectivity index (χ4v) is 1.43. The van der Waals surface area contributed by atoms with Crippen molar-refractivity contribution in [1.82, 2.24) is 0 Å². The molecular formula is C15H11F2NO4. The van der Waals surface area contributed by atoms with Crippen LogP contribution in [0.2, 0.25) is 0 Å². The van der Waals surface area contributed by atoms with E-state index in [1.165, 1.54) is 12.1 Å². The zero-order chi connectivity index (χ0) is 16.7. The summed E-state index contributed by atoms with van der Waals surface area (Å²) in [6, 6.07) is 7.35. The number of nitro groups is 1. The Balaban J connectivity index is 0.000000224. The zero-order valence-corrected chi connectivity index (χ0v) is 11.5. The molecule has 0 fully saturated rings. The molecule has 2 aromatic carbocycles. The summed E-state index contributed by atoms with van der Waals surface area (Å²) >= 11 is 0. The first kappa shape index (κ1) is 17.1. The van der Waals surface area contributed by atoms with Crippen molar-refractivity contribution in [2.75, 3.05) is 0 Å². The van der Waals surface area contributed by atoms with Gasteiger partial charge in [0.1, 0.15) is 18.4 Å². The van der Waals surface area contributed by atoms with E-state index < -0.39 is 16.4 Å². The van der Waals surface area contributed by atoms with Gasteiger partial charge < -0.3 is 0 Å². The van der Waals surface area contributed by atoms with E-state index in [-0.39, 0.29) is 11.4 Å². The highest BCUT2D eigenvalue weighted by Crippen LogP contribution is 2.17. The van der Waals surface area contributed by atoms with E-state index in [1.807, 2.05) is 0 Å². The van der Waals surface area contributed by atoms with Crippen molar-refractivity contribution in [1.29, 1.82) is 0 Å². The maximum atomic E-state index is 12.6. The summed E-state index contributed by atoms with van der Waals surface area (Å²) in [5, 5.41) is 10.1. The van der Waals surface area contributed by atoms with Gasteiger partial charge in [-0.2, -0.15) is 4.39 Å².